The fourth-order valence-electron chi connectivity index (χ4n) is 2.80. The van der Waals surface area contributed by atoms with Crippen LogP contribution in [0.2, 0.25) is 0 Å². The third-order valence-corrected chi connectivity index (χ3v) is 4.29. The maximum Gasteiger partial charge on any atom is 0.267 e. The number of hydrogen-bond donors (Lipinski definition) is 1. The molecule has 136 valence electrons. The van der Waals surface area contributed by atoms with Crippen LogP contribution in [-0.2, 0) is 9.59 Å². The third kappa shape index (κ3) is 3.64. The molecule has 0 aromatic heterocycles. The average molecular weight is 354 g/mol. The molecule has 6 nitrogen and oxygen atoms in total. The minimum atomic E-state index is -0.550. The van der Waals surface area contributed by atoms with E-state index in [0.717, 1.165) is 11.1 Å². The summed E-state index contributed by atoms with van der Waals surface area (Å²) in [5.74, 6) is 0.895. The third-order valence-electron chi connectivity index (χ3n) is 4.29. The number of benzene rings is 2. The number of fused-ring (bicyclic) bond motifs is 1. The quantitative estimate of drug-likeness (QED) is 0.916. The van der Waals surface area contributed by atoms with Gasteiger partial charge in [0, 0.05) is 18.8 Å². The van der Waals surface area contributed by atoms with E-state index >= 15 is 0 Å². The summed E-state index contributed by atoms with van der Waals surface area (Å²) in [6.07, 6.45) is -0.550. The summed E-state index contributed by atoms with van der Waals surface area (Å²) < 4.78 is 11.2. The van der Waals surface area contributed by atoms with E-state index in [4.69, 9.17) is 9.47 Å². The Kier molecular flexibility index (Phi) is 4.84. The molecule has 1 heterocycles. The molecule has 0 spiro atoms. The summed E-state index contributed by atoms with van der Waals surface area (Å²) in [6, 6.07) is 11.1. The van der Waals surface area contributed by atoms with Crippen LogP contribution in [0.15, 0.2) is 36.4 Å². The predicted molar refractivity (Wildman–Crippen MR) is 100.0 cm³/mol. The molecule has 0 fully saturated rings. The van der Waals surface area contributed by atoms with Crippen LogP contribution < -0.4 is 19.7 Å². The average Bonchev–Trinajstić information content (AvgIpc) is 2.60. The fourth-order valence-corrected chi connectivity index (χ4v) is 2.80. The molecule has 1 aliphatic heterocycles. The number of amides is 2. The van der Waals surface area contributed by atoms with Crippen LogP contribution in [0.25, 0.3) is 0 Å². The van der Waals surface area contributed by atoms with Gasteiger partial charge in [0.15, 0.2) is 12.7 Å². The van der Waals surface area contributed by atoms with Crippen molar-refractivity contribution in [1.82, 2.24) is 0 Å². The second-order valence-corrected chi connectivity index (χ2v) is 6.45. The maximum atomic E-state index is 12.2. The molecule has 1 aliphatic rings. The number of rotatable bonds is 4. The Morgan fingerprint density at radius 2 is 2.00 bits per heavy atom. The minimum Gasteiger partial charge on any atom is -0.483 e. The molecule has 1 unspecified atom stereocenters. The van der Waals surface area contributed by atoms with E-state index in [1.807, 2.05) is 32.0 Å². The van der Waals surface area contributed by atoms with Gasteiger partial charge >= 0.3 is 0 Å². The SMILES string of the molecule is Cc1ccc(C)c(OCC(=O)Nc2ccc3c(c2)OC(C)C(=O)N3C)c1. The van der Waals surface area contributed by atoms with Gasteiger partial charge in [0.2, 0.25) is 0 Å². The Bertz CT molecular complexity index is 863. The molecule has 1 N–H and O–H groups in total. The van der Waals surface area contributed by atoms with Crippen molar-refractivity contribution in [3.05, 3.63) is 47.5 Å². The van der Waals surface area contributed by atoms with E-state index < -0.39 is 6.10 Å². The van der Waals surface area contributed by atoms with Gasteiger partial charge in [0.25, 0.3) is 11.8 Å². The first-order valence-corrected chi connectivity index (χ1v) is 8.43. The standard InChI is InChI=1S/C20H22N2O4/c1-12-5-6-13(2)17(9-12)25-11-19(23)21-15-7-8-16-18(10-15)26-14(3)20(24)22(16)4/h5-10,14H,11H2,1-4H3,(H,21,23). The van der Waals surface area contributed by atoms with Crippen LogP contribution in [0.1, 0.15) is 18.1 Å². The first-order chi connectivity index (χ1) is 12.3. The van der Waals surface area contributed by atoms with Crippen molar-refractivity contribution in [1.29, 1.82) is 0 Å². The smallest absolute Gasteiger partial charge is 0.267 e. The largest absolute Gasteiger partial charge is 0.483 e. The lowest BCUT2D eigenvalue weighted by atomic mass is 10.1. The van der Waals surface area contributed by atoms with Gasteiger partial charge in [-0.3, -0.25) is 9.59 Å². The fraction of sp³-hybridized carbons (Fsp3) is 0.300. The molecule has 2 aromatic carbocycles. The second kappa shape index (κ2) is 7.07. The van der Waals surface area contributed by atoms with Gasteiger partial charge in [-0.25, -0.2) is 0 Å². The molecule has 2 aromatic rings. The minimum absolute atomic E-state index is 0.0863. The Labute approximate surface area is 152 Å². The zero-order valence-corrected chi connectivity index (χ0v) is 15.3. The Balaban J connectivity index is 1.66. The van der Waals surface area contributed by atoms with Crippen molar-refractivity contribution < 1.29 is 19.1 Å². The highest BCUT2D eigenvalue weighted by Crippen LogP contribution is 2.35. The molecule has 26 heavy (non-hydrogen) atoms. The summed E-state index contributed by atoms with van der Waals surface area (Å²) in [5, 5.41) is 2.79. The van der Waals surface area contributed by atoms with Crippen molar-refractivity contribution in [3.8, 4) is 11.5 Å². The topological polar surface area (TPSA) is 67.9 Å². The number of ether oxygens (including phenoxy) is 2. The number of nitrogens with one attached hydrogen (secondary N) is 1. The van der Waals surface area contributed by atoms with E-state index in [9.17, 15) is 9.59 Å². The van der Waals surface area contributed by atoms with Crippen LogP contribution in [0, 0.1) is 13.8 Å². The van der Waals surface area contributed by atoms with Crippen LogP contribution >= 0.6 is 0 Å². The predicted octanol–water partition coefficient (Wildman–Crippen LogP) is 3.06. The highest BCUT2D eigenvalue weighted by atomic mass is 16.5. The summed E-state index contributed by atoms with van der Waals surface area (Å²) in [5.41, 5.74) is 3.32. The van der Waals surface area contributed by atoms with Crippen molar-refractivity contribution >= 4 is 23.2 Å². The van der Waals surface area contributed by atoms with Crippen LogP contribution in [0.4, 0.5) is 11.4 Å². The summed E-state index contributed by atoms with van der Waals surface area (Å²) in [6.45, 7) is 5.52. The number of nitrogens with zero attached hydrogens (tertiary/aromatic N) is 1. The molecule has 0 bridgehead atoms. The van der Waals surface area contributed by atoms with Gasteiger partial charge in [-0.1, -0.05) is 12.1 Å². The lowest BCUT2D eigenvalue weighted by Crippen LogP contribution is -2.41. The molecular formula is C20H22N2O4. The highest BCUT2D eigenvalue weighted by Gasteiger charge is 2.28. The molecule has 3 rings (SSSR count). The molecule has 1 atom stereocenters. The van der Waals surface area contributed by atoms with E-state index in [0.29, 0.717) is 22.9 Å². The molecule has 6 heteroatoms. The number of anilines is 2. The van der Waals surface area contributed by atoms with E-state index in [2.05, 4.69) is 5.32 Å². The maximum absolute atomic E-state index is 12.2. The van der Waals surface area contributed by atoms with Crippen LogP contribution in [0.3, 0.4) is 0 Å². The van der Waals surface area contributed by atoms with Crippen molar-refractivity contribution in [2.75, 3.05) is 23.9 Å². The molecule has 2 amide bonds. The van der Waals surface area contributed by atoms with Crippen molar-refractivity contribution in [3.63, 3.8) is 0 Å². The number of likely N-dealkylation sites (N-methyl/N-ethyl adjacent to an activating group) is 1. The number of hydrogen-bond acceptors (Lipinski definition) is 4. The van der Waals surface area contributed by atoms with Crippen molar-refractivity contribution in [2.24, 2.45) is 0 Å². The lowest BCUT2D eigenvalue weighted by Gasteiger charge is -2.30. The summed E-state index contributed by atoms with van der Waals surface area (Å²) in [7, 11) is 1.70. The molecular weight excluding hydrogens is 332 g/mol. The zero-order valence-electron chi connectivity index (χ0n) is 15.3. The molecule has 0 aliphatic carbocycles. The van der Waals surface area contributed by atoms with Gasteiger partial charge in [-0.2, -0.15) is 0 Å². The highest BCUT2D eigenvalue weighted by molar-refractivity contribution is 6.00. The number of carbonyl (C=O) groups is 2. The first kappa shape index (κ1) is 17.8. The Hall–Kier alpha value is -3.02. The van der Waals surface area contributed by atoms with E-state index in [-0.39, 0.29) is 18.4 Å². The molecule has 0 saturated heterocycles. The summed E-state index contributed by atoms with van der Waals surface area (Å²) >= 11 is 0. The monoisotopic (exact) mass is 354 g/mol. The van der Waals surface area contributed by atoms with Gasteiger partial charge in [0.1, 0.15) is 11.5 Å². The Morgan fingerprint density at radius 1 is 1.23 bits per heavy atom. The van der Waals surface area contributed by atoms with Crippen LogP contribution in [-0.4, -0.2) is 31.6 Å². The van der Waals surface area contributed by atoms with Gasteiger partial charge in [0.05, 0.1) is 5.69 Å². The molecule has 0 saturated carbocycles. The van der Waals surface area contributed by atoms with E-state index in [1.165, 1.54) is 0 Å². The number of aryl methyl sites for hydroxylation is 2. The summed E-state index contributed by atoms with van der Waals surface area (Å²) in [4.78, 5) is 25.7. The zero-order chi connectivity index (χ0) is 18.8. The first-order valence-electron chi connectivity index (χ1n) is 8.43. The normalized spacial score (nSPS) is 15.9. The van der Waals surface area contributed by atoms with Gasteiger partial charge in [-0.05, 0) is 50.1 Å². The van der Waals surface area contributed by atoms with Crippen LogP contribution in [0.5, 0.6) is 11.5 Å². The second-order valence-electron chi connectivity index (χ2n) is 6.45. The van der Waals surface area contributed by atoms with E-state index in [1.54, 1.807) is 37.1 Å². The lowest BCUT2D eigenvalue weighted by molar-refractivity contribution is -0.125. The van der Waals surface area contributed by atoms with Gasteiger partial charge in [-0.15, -0.1) is 0 Å². The molecule has 0 radical (unpaired) electrons. The number of carbonyl (C=O) groups excluding carboxylic acids is 2. The Morgan fingerprint density at radius 3 is 2.77 bits per heavy atom. The van der Waals surface area contributed by atoms with Crippen molar-refractivity contribution in [2.45, 2.75) is 26.9 Å². The van der Waals surface area contributed by atoms with Gasteiger partial charge < -0.3 is 19.7 Å².